The fraction of sp³-hybridized carbons (Fsp3) is 0.192. The van der Waals surface area contributed by atoms with Crippen LogP contribution in [-0.4, -0.2) is 21.5 Å². The Kier molecular flexibility index (Phi) is 5.96. The van der Waals surface area contributed by atoms with Gasteiger partial charge in [0.25, 0.3) is 11.5 Å². The number of thioether (sulfide) groups is 1. The van der Waals surface area contributed by atoms with E-state index in [0.29, 0.717) is 40.0 Å². The highest BCUT2D eigenvalue weighted by atomic mass is 32.2. The molecule has 5 rings (SSSR count). The molecule has 0 atom stereocenters. The van der Waals surface area contributed by atoms with Gasteiger partial charge in [0.15, 0.2) is 5.16 Å². The maximum atomic E-state index is 13.3. The van der Waals surface area contributed by atoms with Gasteiger partial charge in [0.05, 0.1) is 17.4 Å². The highest BCUT2D eigenvalue weighted by Crippen LogP contribution is 2.23. The van der Waals surface area contributed by atoms with Crippen LogP contribution in [0.3, 0.4) is 0 Å². The van der Waals surface area contributed by atoms with Crippen LogP contribution in [0.4, 0.5) is 4.39 Å². The zero-order valence-electron chi connectivity index (χ0n) is 17.8. The molecule has 3 aromatic carbocycles. The topological polar surface area (TPSA) is 64.0 Å². The number of amides is 1. The van der Waals surface area contributed by atoms with Crippen LogP contribution in [0.5, 0.6) is 0 Å². The van der Waals surface area contributed by atoms with Crippen molar-refractivity contribution in [2.24, 2.45) is 0 Å². The highest BCUT2D eigenvalue weighted by molar-refractivity contribution is 7.98. The van der Waals surface area contributed by atoms with Crippen LogP contribution in [0.15, 0.2) is 82.7 Å². The van der Waals surface area contributed by atoms with E-state index in [1.165, 1.54) is 23.9 Å². The molecule has 1 amide bonds. The Bertz CT molecular complexity index is 1360. The summed E-state index contributed by atoms with van der Waals surface area (Å²) < 4.78 is 14.9. The summed E-state index contributed by atoms with van der Waals surface area (Å²) in [7, 11) is 0. The number of hydrogen-bond acceptors (Lipinski definition) is 4. The summed E-state index contributed by atoms with van der Waals surface area (Å²) in [5, 5.41) is 4.14. The minimum absolute atomic E-state index is 0.0656. The smallest absolute Gasteiger partial charge is 0.262 e. The predicted octanol–water partition coefficient (Wildman–Crippen LogP) is 4.77. The number of benzene rings is 3. The number of aromatic nitrogens is 2. The van der Waals surface area contributed by atoms with E-state index in [-0.39, 0.29) is 17.3 Å². The summed E-state index contributed by atoms with van der Waals surface area (Å²) in [5.74, 6) is 0.216. The first kappa shape index (κ1) is 21.4. The number of halogens is 1. The molecule has 33 heavy (non-hydrogen) atoms. The monoisotopic (exact) mass is 459 g/mol. The molecule has 1 aromatic heterocycles. The Labute approximate surface area is 194 Å². The molecule has 0 unspecified atom stereocenters. The van der Waals surface area contributed by atoms with Crippen LogP contribution in [-0.2, 0) is 12.3 Å². The second kappa shape index (κ2) is 9.19. The zero-order valence-corrected chi connectivity index (χ0v) is 18.6. The van der Waals surface area contributed by atoms with E-state index < -0.39 is 0 Å². The SMILES string of the molecule is O=C(NC1CC1)c1ccc(Cn2c(SCc3ccc(F)cc3)nc3ccccc3c2=O)cc1. The molecule has 0 saturated heterocycles. The minimum atomic E-state index is -0.279. The number of carbonyl (C=O) groups excluding carboxylic acids is 1. The van der Waals surface area contributed by atoms with Gasteiger partial charge in [-0.1, -0.05) is 48.2 Å². The molecule has 4 aromatic rings. The van der Waals surface area contributed by atoms with Crippen molar-refractivity contribution in [3.63, 3.8) is 0 Å². The molecule has 166 valence electrons. The van der Waals surface area contributed by atoms with Gasteiger partial charge in [0.2, 0.25) is 0 Å². The van der Waals surface area contributed by atoms with Gasteiger partial charge in [-0.2, -0.15) is 0 Å². The zero-order chi connectivity index (χ0) is 22.8. The van der Waals surface area contributed by atoms with E-state index in [4.69, 9.17) is 4.98 Å². The number of rotatable bonds is 7. The number of fused-ring (bicyclic) bond motifs is 1. The van der Waals surface area contributed by atoms with Crippen molar-refractivity contribution in [1.82, 2.24) is 14.9 Å². The van der Waals surface area contributed by atoms with Crippen molar-refractivity contribution in [3.05, 3.63) is 106 Å². The Morgan fingerprint density at radius 3 is 2.42 bits per heavy atom. The second-order valence-electron chi connectivity index (χ2n) is 8.16. The van der Waals surface area contributed by atoms with Gasteiger partial charge in [0, 0.05) is 17.4 Å². The number of carbonyl (C=O) groups is 1. The first-order valence-corrected chi connectivity index (χ1v) is 11.8. The molecule has 0 radical (unpaired) electrons. The second-order valence-corrected chi connectivity index (χ2v) is 9.11. The third-order valence-corrected chi connectivity index (χ3v) is 6.62. The highest BCUT2D eigenvalue weighted by Gasteiger charge is 2.23. The van der Waals surface area contributed by atoms with Gasteiger partial charge < -0.3 is 5.32 Å². The fourth-order valence-corrected chi connectivity index (χ4v) is 4.52. The van der Waals surface area contributed by atoms with Gasteiger partial charge in [0.1, 0.15) is 5.82 Å². The molecule has 1 aliphatic carbocycles. The van der Waals surface area contributed by atoms with Crippen molar-refractivity contribution in [1.29, 1.82) is 0 Å². The van der Waals surface area contributed by atoms with Crippen LogP contribution in [0.2, 0.25) is 0 Å². The summed E-state index contributed by atoms with van der Waals surface area (Å²) in [4.78, 5) is 30.3. The molecule has 1 fully saturated rings. The summed E-state index contributed by atoms with van der Waals surface area (Å²) in [5.41, 5.74) is 2.99. The molecule has 1 aliphatic rings. The third-order valence-electron chi connectivity index (χ3n) is 5.58. The quantitative estimate of drug-likeness (QED) is 0.319. The molecular formula is C26H22FN3O2S. The summed E-state index contributed by atoms with van der Waals surface area (Å²) >= 11 is 1.44. The lowest BCUT2D eigenvalue weighted by Gasteiger charge is -2.14. The summed E-state index contributed by atoms with van der Waals surface area (Å²) in [6.45, 7) is 0.340. The average Bonchev–Trinajstić information content (AvgIpc) is 3.65. The molecule has 7 heteroatoms. The van der Waals surface area contributed by atoms with Crippen molar-refractivity contribution in [2.45, 2.75) is 36.3 Å². The third kappa shape index (κ3) is 4.98. The van der Waals surface area contributed by atoms with Crippen molar-refractivity contribution in [2.75, 3.05) is 0 Å². The van der Waals surface area contributed by atoms with Gasteiger partial charge in [-0.05, 0) is 60.4 Å². The Morgan fingerprint density at radius 1 is 1.00 bits per heavy atom. The van der Waals surface area contributed by atoms with E-state index >= 15 is 0 Å². The average molecular weight is 460 g/mol. The lowest BCUT2D eigenvalue weighted by Crippen LogP contribution is -2.25. The van der Waals surface area contributed by atoms with Crippen molar-refractivity contribution < 1.29 is 9.18 Å². The first-order chi connectivity index (χ1) is 16.1. The molecule has 1 saturated carbocycles. The minimum Gasteiger partial charge on any atom is -0.349 e. The number of hydrogen-bond donors (Lipinski definition) is 1. The Morgan fingerprint density at radius 2 is 1.70 bits per heavy atom. The van der Waals surface area contributed by atoms with E-state index in [0.717, 1.165) is 24.0 Å². The lowest BCUT2D eigenvalue weighted by atomic mass is 10.1. The maximum Gasteiger partial charge on any atom is 0.262 e. The Hall–Kier alpha value is -3.45. The Balaban J connectivity index is 1.43. The van der Waals surface area contributed by atoms with Crippen LogP contribution >= 0.6 is 11.8 Å². The maximum absolute atomic E-state index is 13.3. The molecule has 1 heterocycles. The normalized spacial score (nSPS) is 13.2. The predicted molar refractivity (Wildman–Crippen MR) is 128 cm³/mol. The van der Waals surface area contributed by atoms with Crippen LogP contribution in [0, 0.1) is 5.82 Å². The molecule has 0 bridgehead atoms. The fourth-order valence-electron chi connectivity index (χ4n) is 3.57. The molecular weight excluding hydrogens is 437 g/mol. The van der Waals surface area contributed by atoms with E-state index in [9.17, 15) is 14.0 Å². The van der Waals surface area contributed by atoms with Crippen molar-refractivity contribution in [3.8, 4) is 0 Å². The molecule has 0 spiro atoms. The molecule has 5 nitrogen and oxygen atoms in total. The standard InChI is InChI=1S/C26H22FN3O2S/c27-20-11-7-18(8-12-20)16-33-26-29-23-4-2-1-3-22(23)25(32)30(26)15-17-5-9-19(10-6-17)24(31)28-21-13-14-21/h1-12,21H,13-16H2,(H,28,31). The van der Waals surface area contributed by atoms with Gasteiger partial charge >= 0.3 is 0 Å². The van der Waals surface area contributed by atoms with Gasteiger partial charge in [-0.25, -0.2) is 9.37 Å². The largest absolute Gasteiger partial charge is 0.349 e. The van der Waals surface area contributed by atoms with E-state index in [1.807, 2.05) is 30.3 Å². The first-order valence-electron chi connectivity index (χ1n) is 10.8. The lowest BCUT2D eigenvalue weighted by molar-refractivity contribution is 0.0951. The molecule has 0 aliphatic heterocycles. The van der Waals surface area contributed by atoms with Crippen LogP contribution in [0.25, 0.3) is 10.9 Å². The number of nitrogens with one attached hydrogen (secondary N) is 1. The summed E-state index contributed by atoms with van der Waals surface area (Å²) in [6, 6.07) is 21.3. The van der Waals surface area contributed by atoms with Crippen LogP contribution < -0.4 is 10.9 Å². The van der Waals surface area contributed by atoms with Gasteiger partial charge in [-0.15, -0.1) is 0 Å². The van der Waals surface area contributed by atoms with E-state index in [2.05, 4.69) is 5.32 Å². The van der Waals surface area contributed by atoms with Crippen molar-refractivity contribution >= 4 is 28.6 Å². The van der Waals surface area contributed by atoms with E-state index in [1.54, 1.807) is 34.9 Å². The van der Waals surface area contributed by atoms with Crippen LogP contribution in [0.1, 0.15) is 34.3 Å². The van der Waals surface area contributed by atoms with Gasteiger partial charge in [-0.3, -0.25) is 14.2 Å². The molecule has 1 N–H and O–H groups in total. The number of nitrogens with zero attached hydrogens (tertiary/aromatic N) is 2. The summed E-state index contributed by atoms with van der Waals surface area (Å²) in [6.07, 6.45) is 2.08. The number of para-hydroxylation sites is 1.